The lowest BCUT2D eigenvalue weighted by atomic mass is 10.1. The van der Waals surface area contributed by atoms with E-state index >= 15 is 0 Å². The zero-order valence-electron chi connectivity index (χ0n) is 15.8. The zero-order valence-corrected chi connectivity index (χ0v) is 16.6. The number of halogens is 4. The first-order valence-corrected chi connectivity index (χ1v) is 9.09. The summed E-state index contributed by atoms with van der Waals surface area (Å²) in [6.07, 6.45) is -4.57. The molecule has 0 fully saturated rings. The van der Waals surface area contributed by atoms with Gasteiger partial charge in [0.1, 0.15) is 0 Å². The topological polar surface area (TPSA) is 71.3 Å². The van der Waals surface area contributed by atoms with Gasteiger partial charge in [-0.05, 0) is 44.2 Å². The average molecular weight is 437 g/mol. The van der Waals surface area contributed by atoms with Crippen LogP contribution in [-0.2, 0) is 6.18 Å². The Morgan fingerprint density at radius 2 is 1.70 bits per heavy atom. The molecule has 0 bridgehead atoms. The molecule has 9 heteroatoms. The number of alkyl halides is 3. The predicted octanol–water partition coefficient (Wildman–Crippen LogP) is 5.72. The lowest BCUT2D eigenvalue weighted by molar-refractivity contribution is -0.137. The van der Waals surface area contributed by atoms with Crippen LogP contribution in [0, 0.1) is 13.8 Å². The molecule has 0 atom stereocenters. The van der Waals surface area contributed by atoms with Crippen molar-refractivity contribution in [3.63, 3.8) is 0 Å². The predicted molar refractivity (Wildman–Crippen MR) is 107 cm³/mol. The molecule has 1 amide bonds. The molecule has 2 aromatic carbocycles. The number of carboxylic acids is 1. The van der Waals surface area contributed by atoms with Crippen LogP contribution in [0.1, 0.15) is 37.7 Å². The molecule has 3 aromatic rings. The fourth-order valence-corrected chi connectivity index (χ4v) is 3.50. The summed E-state index contributed by atoms with van der Waals surface area (Å²) in [7, 11) is 0. The van der Waals surface area contributed by atoms with E-state index in [0.717, 1.165) is 6.07 Å². The molecule has 0 aliphatic heterocycles. The Bertz CT molecular complexity index is 1150. The van der Waals surface area contributed by atoms with Crippen LogP contribution in [-0.4, -0.2) is 21.6 Å². The smallest absolute Gasteiger partial charge is 0.418 e. The van der Waals surface area contributed by atoms with Gasteiger partial charge in [0, 0.05) is 11.4 Å². The normalized spacial score (nSPS) is 11.4. The van der Waals surface area contributed by atoms with E-state index in [1.165, 1.54) is 54.0 Å². The van der Waals surface area contributed by atoms with Gasteiger partial charge < -0.3 is 15.0 Å². The van der Waals surface area contributed by atoms with Crippen molar-refractivity contribution < 1.29 is 27.9 Å². The molecule has 156 valence electrons. The second-order valence-electron chi connectivity index (χ2n) is 6.56. The molecule has 1 aromatic heterocycles. The van der Waals surface area contributed by atoms with Crippen LogP contribution in [0.25, 0.3) is 5.69 Å². The van der Waals surface area contributed by atoms with Gasteiger partial charge in [-0.2, -0.15) is 13.2 Å². The molecule has 1 heterocycles. The molecular formula is C21H16ClF3N2O3. The van der Waals surface area contributed by atoms with Gasteiger partial charge in [-0.15, -0.1) is 0 Å². The van der Waals surface area contributed by atoms with Crippen LogP contribution in [0.4, 0.5) is 18.9 Å². The number of nitrogens with one attached hydrogen (secondary N) is 1. The summed E-state index contributed by atoms with van der Waals surface area (Å²) < 4.78 is 41.7. The summed E-state index contributed by atoms with van der Waals surface area (Å²) in [4.78, 5) is 24.3. The number of carboxylic acid groups (broad SMARTS) is 1. The number of para-hydroxylation sites is 2. The van der Waals surface area contributed by atoms with E-state index in [4.69, 9.17) is 11.6 Å². The summed E-state index contributed by atoms with van der Waals surface area (Å²) in [5, 5.41) is 11.8. The number of anilines is 1. The van der Waals surface area contributed by atoms with E-state index in [1.54, 1.807) is 6.92 Å². The maximum atomic E-state index is 13.5. The van der Waals surface area contributed by atoms with Crippen molar-refractivity contribution >= 4 is 29.2 Å². The minimum Gasteiger partial charge on any atom is -0.478 e. The summed E-state index contributed by atoms with van der Waals surface area (Å²) in [6.45, 7) is 3.09. The molecule has 3 rings (SSSR count). The summed E-state index contributed by atoms with van der Waals surface area (Å²) in [5.74, 6) is -1.97. The molecular weight excluding hydrogens is 421 g/mol. The molecule has 0 saturated carbocycles. The highest BCUT2D eigenvalue weighted by Crippen LogP contribution is 2.35. The number of hydrogen-bond acceptors (Lipinski definition) is 2. The third-order valence-electron chi connectivity index (χ3n) is 4.61. The minimum absolute atomic E-state index is 0.0273. The van der Waals surface area contributed by atoms with E-state index in [1.807, 2.05) is 0 Å². The van der Waals surface area contributed by atoms with E-state index in [0.29, 0.717) is 5.69 Å². The molecule has 2 N–H and O–H groups in total. The Morgan fingerprint density at radius 1 is 1.03 bits per heavy atom. The largest absolute Gasteiger partial charge is 0.478 e. The van der Waals surface area contributed by atoms with E-state index < -0.39 is 23.6 Å². The van der Waals surface area contributed by atoms with Gasteiger partial charge in [-0.25, -0.2) is 4.79 Å². The van der Waals surface area contributed by atoms with Crippen molar-refractivity contribution in [1.82, 2.24) is 4.57 Å². The molecule has 0 radical (unpaired) electrons. The Morgan fingerprint density at radius 3 is 2.33 bits per heavy atom. The first-order chi connectivity index (χ1) is 14.0. The standard InChI is InChI=1S/C21H16ClF3N2O3/c1-11-10-14(19(28)26-18-13(20(29)30)6-5-8-16(18)22)12(2)27(11)17-9-4-3-7-15(17)21(23,24)25/h3-10H,1-2H3,(H,26,28)(H,29,30). The van der Waals surface area contributed by atoms with Crippen molar-refractivity contribution in [2.45, 2.75) is 20.0 Å². The highest BCUT2D eigenvalue weighted by molar-refractivity contribution is 6.35. The van der Waals surface area contributed by atoms with E-state index in [9.17, 15) is 27.9 Å². The van der Waals surface area contributed by atoms with Gasteiger partial charge in [0.15, 0.2) is 0 Å². The second-order valence-corrected chi connectivity index (χ2v) is 6.96. The quantitative estimate of drug-likeness (QED) is 0.549. The highest BCUT2D eigenvalue weighted by Gasteiger charge is 2.34. The summed E-state index contributed by atoms with van der Waals surface area (Å²) >= 11 is 6.04. The molecule has 0 aliphatic rings. The maximum absolute atomic E-state index is 13.5. The number of aromatic carboxylic acids is 1. The maximum Gasteiger partial charge on any atom is 0.418 e. The number of aryl methyl sites for hydroxylation is 1. The van der Waals surface area contributed by atoms with Crippen LogP contribution >= 0.6 is 11.6 Å². The first kappa shape index (κ1) is 21.4. The Balaban J connectivity index is 2.07. The van der Waals surface area contributed by atoms with Crippen LogP contribution in [0.2, 0.25) is 5.02 Å². The Kier molecular flexibility index (Phi) is 5.63. The van der Waals surface area contributed by atoms with Crippen molar-refractivity contribution in [2.75, 3.05) is 5.32 Å². The second kappa shape index (κ2) is 7.87. The van der Waals surface area contributed by atoms with Gasteiger partial charge in [-0.3, -0.25) is 4.79 Å². The van der Waals surface area contributed by atoms with Crippen LogP contribution < -0.4 is 5.32 Å². The lowest BCUT2D eigenvalue weighted by Crippen LogP contribution is -2.16. The SMILES string of the molecule is Cc1cc(C(=O)Nc2c(Cl)cccc2C(=O)O)c(C)n1-c1ccccc1C(F)(F)F. The fraction of sp³-hybridized carbons (Fsp3) is 0.143. The number of carbonyl (C=O) groups is 2. The average Bonchev–Trinajstić information content (AvgIpc) is 2.96. The number of carbonyl (C=O) groups excluding carboxylic acids is 1. The monoisotopic (exact) mass is 436 g/mol. The van der Waals surface area contributed by atoms with E-state index in [-0.39, 0.29) is 33.2 Å². The number of amides is 1. The van der Waals surface area contributed by atoms with Gasteiger partial charge in [-0.1, -0.05) is 29.8 Å². The zero-order chi connectivity index (χ0) is 22.2. The Labute approximate surface area is 174 Å². The molecule has 30 heavy (non-hydrogen) atoms. The Hall–Kier alpha value is -3.26. The van der Waals surface area contributed by atoms with Crippen LogP contribution in [0.3, 0.4) is 0 Å². The van der Waals surface area contributed by atoms with Gasteiger partial charge >= 0.3 is 12.1 Å². The lowest BCUT2D eigenvalue weighted by Gasteiger charge is -2.17. The number of nitrogens with zero attached hydrogens (tertiary/aromatic N) is 1. The molecule has 0 aliphatic carbocycles. The number of aromatic nitrogens is 1. The van der Waals surface area contributed by atoms with Gasteiger partial charge in [0.05, 0.1) is 33.1 Å². The van der Waals surface area contributed by atoms with Crippen molar-refractivity contribution in [3.8, 4) is 5.69 Å². The number of hydrogen-bond donors (Lipinski definition) is 2. The molecule has 0 saturated heterocycles. The summed E-state index contributed by atoms with van der Waals surface area (Å²) in [5.41, 5.74) is -0.455. The third-order valence-corrected chi connectivity index (χ3v) is 4.92. The van der Waals surface area contributed by atoms with Crippen LogP contribution in [0.15, 0.2) is 48.5 Å². The first-order valence-electron chi connectivity index (χ1n) is 8.71. The van der Waals surface area contributed by atoms with Crippen molar-refractivity contribution in [3.05, 3.63) is 81.6 Å². The number of benzene rings is 2. The van der Waals surface area contributed by atoms with Gasteiger partial charge in [0.2, 0.25) is 0 Å². The third kappa shape index (κ3) is 3.91. The minimum atomic E-state index is -4.57. The number of rotatable bonds is 4. The highest BCUT2D eigenvalue weighted by atomic mass is 35.5. The van der Waals surface area contributed by atoms with Crippen molar-refractivity contribution in [2.24, 2.45) is 0 Å². The van der Waals surface area contributed by atoms with E-state index in [2.05, 4.69) is 5.32 Å². The molecule has 5 nitrogen and oxygen atoms in total. The van der Waals surface area contributed by atoms with Gasteiger partial charge in [0.25, 0.3) is 5.91 Å². The van der Waals surface area contributed by atoms with Crippen molar-refractivity contribution in [1.29, 1.82) is 0 Å². The fourth-order valence-electron chi connectivity index (χ4n) is 3.28. The molecule has 0 spiro atoms. The molecule has 0 unspecified atom stereocenters. The van der Waals surface area contributed by atoms with Crippen LogP contribution in [0.5, 0.6) is 0 Å². The summed E-state index contributed by atoms with van der Waals surface area (Å²) in [6, 6.07) is 10.6.